The number of carbonyl (C=O) groups is 1. The fraction of sp³-hybridized carbons (Fsp3) is 0.148. The van der Waals surface area contributed by atoms with E-state index in [0.29, 0.717) is 16.8 Å². The van der Waals surface area contributed by atoms with Crippen LogP contribution in [0.5, 0.6) is 0 Å². The first-order chi connectivity index (χ1) is 16.4. The molecule has 0 aliphatic carbocycles. The predicted octanol–water partition coefficient (Wildman–Crippen LogP) is 6.19. The molecule has 7 heteroatoms. The van der Waals surface area contributed by atoms with Crippen molar-refractivity contribution in [3.63, 3.8) is 0 Å². The van der Waals surface area contributed by atoms with Crippen LogP contribution < -0.4 is 0 Å². The number of hydrogen-bond acceptors (Lipinski definition) is 4. The van der Waals surface area contributed by atoms with Crippen LogP contribution in [0, 0.1) is 37.9 Å². The van der Waals surface area contributed by atoms with Gasteiger partial charge in [-0.05, 0) is 74.9 Å². The van der Waals surface area contributed by atoms with Gasteiger partial charge in [0, 0.05) is 22.6 Å². The first-order valence-electron chi connectivity index (χ1n) is 10.8. The van der Waals surface area contributed by atoms with E-state index in [1.54, 1.807) is 12.1 Å². The molecule has 0 radical (unpaired) electrons. The van der Waals surface area contributed by atoms with Crippen LogP contribution in [0.4, 0.5) is 4.39 Å². The number of thioether (sulfide) groups is 1. The zero-order valence-corrected chi connectivity index (χ0v) is 19.8. The summed E-state index contributed by atoms with van der Waals surface area (Å²) in [5.41, 5.74) is 6.87. The minimum atomic E-state index is -0.296. The lowest BCUT2D eigenvalue weighted by Gasteiger charge is -2.11. The highest BCUT2D eigenvalue weighted by Gasteiger charge is 2.19. The molecule has 0 fully saturated rings. The molecule has 34 heavy (non-hydrogen) atoms. The first kappa shape index (κ1) is 21.9. The molecule has 0 spiro atoms. The van der Waals surface area contributed by atoms with Crippen molar-refractivity contribution in [2.24, 2.45) is 0 Å². The van der Waals surface area contributed by atoms with Crippen molar-refractivity contribution in [3.05, 3.63) is 94.6 Å². The van der Waals surface area contributed by atoms with Crippen molar-refractivity contribution in [1.29, 1.82) is 5.26 Å². The van der Waals surface area contributed by atoms with Gasteiger partial charge in [-0.2, -0.15) is 5.26 Å². The molecule has 0 amide bonds. The molecule has 0 saturated carbocycles. The molecule has 0 unspecified atom stereocenters. The third kappa shape index (κ3) is 3.57. The van der Waals surface area contributed by atoms with Gasteiger partial charge in [0.2, 0.25) is 0 Å². The molecule has 0 saturated heterocycles. The Morgan fingerprint density at radius 2 is 1.82 bits per heavy atom. The topological polar surface area (TPSA) is 63.1 Å². The third-order valence-corrected chi connectivity index (χ3v) is 7.02. The fourth-order valence-electron chi connectivity index (χ4n) is 4.41. The summed E-state index contributed by atoms with van der Waals surface area (Å²) in [6.45, 7) is 5.73. The fourth-order valence-corrected chi connectivity index (χ4v) is 5.42. The average Bonchev–Trinajstić information content (AvgIpc) is 3.35. The number of pyridine rings is 1. The van der Waals surface area contributed by atoms with Crippen LogP contribution in [0.3, 0.4) is 0 Å². The van der Waals surface area contributed by atoms with Crippen LogP contribution in [0.2, 0.25) is 0 Å². The number of nitriles is 1. The summed E-state index contributed by atoms with van der Waals surface area (Å²) in [6.07, 6.45) is 0. The smallest absolute Gasteiger partial charge is 0.174 e. The number of hydrogen-bond donors (Lipinski definition) is 0. The molecule has 5 rings (SSSR count). The molecule has 0 bridgehead atoms. The van der Waals surface area contributed by atoms with Gasteiger partial charge in [-0.3, -0.25) is 9.20 Å². The Morgan fingerprint density at radius 3 is 2.56 bits per heavy atom. The maximum atomic E-state index is 13.4. The summed E-state index contributed by atoms with van der Waals surface area (Å²) in [5, 5.41) is 10.5. The zero-order valence-electron chi connectivity index (χ0n) is 19.0. The van der Waals surface area contributed by atoms with Crippen LogP contribution in [0.1, 0.15) is 32.9 Å². The Kier molecular flexibility index (Phi) is 5.46. The number of para-hydroxylation sites is 2. The Hall–Kier alpha value is -3.89. The molecule has 0 aliphatic heterocycles. The lowest BCUT2D eigenvalue weighted by Crippen LogP contribution is -2.06. The highest BCUT2D eigenvalue weighted by Crippen LogP contribution is 2.30. The van der Waals surface area contributed by atoms with Crippen LogP contribution in [-0.4, -0.2) is 25.5 Å². The Bertz CT molecular complexity index is 1620. The second-order valence-corrected chi connectivity index (χ2v) is 9.22. The number of imidazole rings is 1. The Morgan fingerprint density at radius 1 is 1.09 bits per heavy atom. The quantitative estimate of drug-likeness (QED) is 0.228. The number of Topliss-reactive ketones (excluding diaryl/α,β-unsaturated/α-hetero) is 1. The minimum absolute atomic E-state index is 0.00560. The van der Waals surface area contributed by atoms with Gasteiger partial charge in [-0.25, -0.2) is 9.37 Å². The normalized spacial score (nSPS) is 11.3. The number of nitrogens with zero attached hydrogens (tertiary/aromatic N) is 4. The number of rotatable bonds is 5. The third-order valence-electron chi connectivity index (χ3n) is 6.02. The van der Waals surface area contributed by atoms with Crippen LogP contribution in [0.25, 0.3) is 22.4 Å². The van der Waals surface area contributed by atoms with E-state index in [-0.39, 0.29) is 17.4 Å². The number of carbonyl (C=O) groups excluding carboxylic acids is 1. The Labute approximate surface area is 200 Å². The van der Waals surface area contributed by atoms with Gasteiger partial charge in [0.05, 0.1) is 27.4 Å². The molecule has 0 aliphatic rings. The first-order valence-corrected chi connectivity index (χ1v) is 11.8. The van der Waals surface area contributed by atoms with Crippen molar-refractivity contribution >= 4 is 34.2 Å². The van der Waals surface area contributed by atoms with Crippen molar-refractivity contribution in [1.82, 2.24) is 14.0 Å². The van der Waals surface area contributed by atoms with E-state index < -0.39 is 0 Å². The number of ketones is 1. The number of benzene rings is 2. The molecule has 0 atom stereocenters. The summed E-state index contributed by atoms with van der Waals surface area (Å²) < 4.78 is 17.3. The minimum Gasteiger partial charge on any atom is -0.318 e. The zero-order chi connectivity index (χ0) is 24.0. The lowest BCUT2D eigenvalue weighted by molar-refractivity contribution is 0.102. The van der Waals surface area contributed by atoms with Crippen LogP contribution in [0.15, 0.2) is 65.7 Å². The second kappa shape index (κ2) is 8.47. The summed E-state index contributed by atoms with van der Waals surface area (Å²) in [7, 11) is 0. The summed E-state index contributed by atoms with van der Waals surface area (Å²) in [6, 6.07) is 20.1. The van der Waals surface area contributed by atoms with Crippen molar-refractivity contribution in [2.45, 2.75) is 25.8 Å². The van der Waals surface area contributed by atoms with Gasteiger partial charge < -0.3 is 4.57 Å². The highest BCUT2D eigenvalue weighted by molar-refractivity contribution is 8.00. The molecule has 3 aromatic heterocycles. The van der Waals surface area contributed by atoms with E-state index in [1.165, 1.54) is 23.9 Å². The SMILES string of the molecule is Cc1cc(SCC(=O)c2cc(C)n(-c3ccc(F)cc3)c2C)n2c(nc3ccccc32)c1C#N. The molecule has 5 aromatic rings. The number of aromatic nitrogens is 3. The van der Waals surface area contributed by atoms with E-state index in [4.69, 9.17) is 0 Å². The molecule has 168 valence electrons. The number of halogens is 1. The highest BCUT2D eigenvalue weighted by atomic mass is 32.2. The van der Waals surface area contributed by atoms with Crippen molar-refractivity contribution in [3.8, 4) is 11.8 Å². The van der Waals surface area contributed by atoms with Gasteiger partial charge in [-0.15, -0.1) is 0 Å². The van der Waals surface area contributed by atoms with Gasteiger partial charge in [0.15, 0.2) is 11.4 Å². The molecular weight excluding hydrogens is 447 g/mol. The van der Waals surface area contributed by atoms with Crippen LogP contribution >= 0.6 is 11.8 Å². The van der Waals surface area contributed by atoms with E-state index in [2.05, 4.69) is 11.1 Å². The predicted molar refractivity (Wildman–Crippen MR) is 132 cm³/mol. The monoisotopic (exact) mass is 468 g/mol. The Balaban J connectivity index is 1.50. The number of aryl methyl sites for hydroxylation is 2. The van der Waals surface area contributed by atoms with E-state index in [9.17, 15) is 14.4 Å². The lowest BCUT2D eigenvalue weighted by atomic mass is 10.2. The van der Waals surface area contributed by atoms with Gasteiger partial charge in [0.1, 0.15) is 11.9 Å². The molecule has 2 aromatic carbocycles. The summed E-state index contributed by atoms with van der Waals surface area (Å²) in [4.78, 5) is 17.9. The van der Waals surface area contributed by atoms with Crippen molar-refractivity contribution in [2.75, 3.05) is 5.75 Å². The molecular formula is C27H21FN4OS. The second-order valence-electron chi connectivity index (χ2n) is 8.22. The van der Waals surface area contributed by atoms with E-state index >= 15 is 0 Å². The number of fused-ring (bicyclic) bond motifs is 3. The molecule has 5 nitrogen and oxygen atoms in total. The van der Waals surface area contributed by atoms with E-state index in [0.717, 1.165) is 38.7 Å². The summed E-state index contributed by atoms with van der Waals surface area (Å²) >= 11 is 1.43. The van der Waals surface area contributed by atoms with Gasteiger partial charge >= 0.3 is 0 Å². The maximum Gasteiger partial charge on any atom is 0.174 e. The van der Waals surface area contributed by atoms with Gasteiger partial charge in [-0.1, -0.05) is 23.9 Å². The van der Waals surface area contributed by atoms with E-state index in [1.807, 2.05) is 66.1 Å². The van der Waals surface area contributed by atoms with Crippen molar-refractivity contribution < 1.29 is 9.18 Å². The summed E-state index contributed by atoms with van der Waals surface area (Å²) in [5.74, 6) is -0.0540. The maximum absolute atomic E-state index is 13.4. The standard InChI is InChI=1S/C27H21FN4OS/c1-16-12-26(32-24-7-5-4-6-23(24)30-27(32)22(16)14-29)34-15-25(33)21-13-17(2)31(18(21)3)20-10-8-19(28)9-11-20/h4-13H,15H2,1-3H3. The largest absolute Gasteiger partial charge is 0.318 e. The average molecular weight is 469 g/mol. The molecule has 0 N–H and O–H groups in total. The van der Waals surface area contributed by atoms with Gasteiger partial charge in [0.25, 0.3) is 0 Å². The molecule has 3 heterocycles. The van der Waals surface area contributed by atoms with Crippen LogP contribution in [-0.2, 0) is 0 Å².